The number of halogens is 6. The quantitative estimate of drug-likeness (QED) is 0.768. The van der Waals surface area contributed by atoms with Crippen LogP contribution in [-0.4, -0.2) is 48.5 Å². The zero-order valence-electron chi connectivity index (χ0n) is 13.4. The summed E-state index contributed by atoms with van der Waals surface area (Å²) in [5, 5.41) is 5.03. The fourth-order valence-corrected chi connectivity index (χ4v) is 3.38. The third-order valence-electron chi connectivity index (χ3n) is 4.41. The van der Waals surface area contributed by atoms with Crippen LogP contribution in [0.25, 0.3) is 0 Å². The van der Waals surface area contributed by atoms with E-state index < -0.39 is 42.6 Å². The molecular formula is C15H16ClF5N4O. The lowest BCUT2D eigenvalue weighted by Crippen LogP contribution is -2.46. The fraction of sp³-hybridized carbons (Fsp3) is 0.600. The van der Waals surface area contributed by atoms with Gasteiger partial charge in [-0.15, -0.1) is 0 Å². The lowest BCUT2D eigenvalue weighted by Gasteiger charge is -2.20. The highest BCUT2D eigenvalue weighted by atomic mass is 35.5. The molecule has 2 atom stereocenters. The molecule has 0 radical (unpaired) electrons. The average Bonchev–Trinajstić information content (AvgIpc) is 3.12. The second kappa shape index (κ2) is 6.80. The first kappa shape index (κ1) is 19.1. The van der Waals surface area contributed by atoms with E-state index in [1.807, 2.05) is 0 Å². The zero-order valence-corrected chi connectivity index (χ0v) is 14.2. The Balaban J connectivity index is 1.60. The average molecular weight is 399 g/mol. The lowest BCUT2D eigenvalue weighted by atomic mass is 10.1. The summed E-state index contributed by atoms with van der Waals surface area (Å²) >= 11 is 5.92. The van der Waals surface area contributed by atoms with Gasteiger partial charge in [-0.25, -0.2) is 13.8 Å². The number of hydrogen-bond acceptors (Lipinski definition) is 4. The number of rotatable bonds is 3. The summed E-state index contributed by atoms with van der Waals surface area (Å²) < 4.78 is 64.3. The number of nitrogens with zero attached hydrogens (tertiary/aromatic N) is 2. The zero-order chi connectivity index (χ0) is 19.1. The van der Waals surface area contributed by atoms with Gasteiger partial charge in [0.1, 0.15) is 5.82 Å². The van der Waals surface area contributed by atoms with Crippen LogP contribution in [0.3, 0.4) is 0 Å². The van der Waals surface area contributed by atoms with Crippen molar-refractivity contribution in [1.29, 1.82) is 0 Å². The summed E-state index contributed by atoms with van der Waals surface area (Å²) in [7, 11) is 0. The Morgan fingerprint density at radius 2 is 2.15 bits per heavy atom. The number of pyridine rings is 1. The summed E-state index contributed by atoms with van der Waals surface area (Å²) in [6.07, 6.45) is -3.87. The molecule has 5 nitrogen and oxygen atoms in total. The Morgan fingerprint density at radius 1 is 1.42 bits per heavy atom. The number of carbonyl (C=O) groups is 1. The topological polar surface area (TPSA) is 57.3 Å². The van der Waals surface area contributed by atoms with Crippen molar-refractivity contribution in [1.82, 2.24) is 15.6 Å². The minimum atomic E-state index is -4.53. The van der Waals surface area contributed by atoms with Gasteiger partial charge in [-0.3, -0.25) is 10.1 Å². The van der Waals surface area contributed by atoms with E-state index >= 15 is 0 Å². The first-order valence-corrected chi connectivity index (χ1v) is 8.32. The lowest BCUT2D eigenvalue weighted by molar-refractivity contribution is -0.137. The maximum absolute atomic E-state index is 13.2. The number of amides is 1. The molecule has 1 aromatic heterocycles. The van der Waals surface area contributed by atoms with Crippen LogP contribution in [0.15, 0.2) is 12.3 Å². The third-order valence-corrected chi connectivity index (χ3v) is 4.69. The molecule has 2 saturated heterocycles. The van der Waals surface area contributed by atoms with Crippen LogP contribution in [0.2, 0.25) is 5.02 Å². The summed E-state index contributed by atoms with van der Waals surface area (Å²) in [5.74, 6) is -3.22. The molecule has 3 heterocycles. The number of carbonyl (C=O) groups excluding carboxylic acids is 1. The fourth-order valence-electron chi connectivity index (χ4n) is 3.09. The molecule has 1 amide bonds. The predicted molar refractivity (Wildman–Crippen MR) is 84.4 cm³/mol. The highest BCUT2D eigenvalue weighted by Crippen LogP contribution is 2.34. The molecule has 0 spiro atoms. The van der Waals surface area contributed by atoms with Crippen molar-refractivity contribution in [2.45, 2.75) is 37.0 Å². The Labute approximate surface area is 150 Å². The Bertz CT molecular complexity index is 699. The summed E-state index contributed by atoms with van der Waals surface area (Å²) in [6.45, 7) is 0.178. The largest absolute Gasteiger partial charge is 0.417 e. The summed E-state index contributed by atoms with van der Waals surface area (Å²) in [4.78, 5) is 17.5. The number of alkyl halides is 5. The SMILES string of the molecule is O=C(NC1CCN(c2ncc(C(F)(F)F)cc2Cl)C1)C1CC(F)(F)CN1. The highest BCUT2D eigenvalue weighted by Gasteiger charge is 2.43. The number of nitrogens with one attached hydrogen (secondary N) is 2. The maximum Gasteiger partial charge on any atom is 0.417 e. The molecule has 1 aromatic rings. The van der Waals surface area contributed by atoms with Crippen molar-refractivity contribution >= 4 is 23.3 Å². The highest BCUT2D eigenvalue weighted by molar-refractivity contribution is 6.33. The van der Waals surface area contributed by atoms with Crippen LogP contribution in [0.5, 0.6) is 0 Å². The van der Waals surface area contributed by atoms with Gasteiger partial charge in [0.25, 0.3) is 5.92 Å². The van der Waals surface area contributed by atoms with Gasteiger partial charge >= 0.3 is 6.18 Å². The molecule has 2 N–H and O–H groups in total. The van der Waals surface area contributed by atoms with Gasteiger partial charge in [0.2, 0.25) is 5.91 Å². The second-order valence-electron chi connectivity index (χ2n) is 6.46. The van der Waals surface area contributed by atoms with Gasteiger partial charge in [0.15, 0.2) is 0 Å². The molecule has 3 rings (SSSR count). The number of aromatic nitrogens is 1. The van der Waals surface area contributed by atoms with Gasteiger partial charge in [-0.2, -0.15) is 13.2 Å². The predicted octanol–water partition coefficient (Wildman–Crippen LogP) is 2.45. The standard InChI is InChI=1S/C15H16ClF5N4O/c16-10-3-8(15(19,20)21)5-22-12(10)25-2-1-9(6-25)24-13(26)11-4-14(17,18)7-23-11/h3,5,9,11,23H,1-2,4,6-7H2,(H,24,26). The van der Waals surface area contributed by atoms with Crippen LogP contribution in [-0.2, 0) is 11.0 Å². The van der Waals surface area contributed by atoms with Gasteiger partial charge in [-0.05, 0) is 12.5 Å². The van der Waals surface area contributed by atoms with Gasteiger partial charge in [0.05, 0.1) is 23.2 Å². The molecule has 2 aliphatic heterocycles. The third kappa shape index (κ3) is 4.17. The van der Waals surface area contributed by atoms with Crippen molar-refractivity contribution < 1.29 is 26.7 Å². The molecule has 2 aliphatic rings. The monoisotopic (exact) mass is 398 g/mol. The Hall–Kier alpha value is -1.68. The van der Waals surface area contributed by atoms with Crippen LogP contribution in [0.4, 0.5) is 27.8 Å². The van der Waals surface area contributed by atoms with Crippen molar-refractivity contribution in [2.75, 3.05) is 24.5 Å². The second-order valence-corrected chi connectivity index (χ2v) is 6.87. The normalized spacial score (nSPS) is 25.5. The Kier molecular flexibility index (Phi) is 5.00. The van der Waals surface area contributed by atoms with E-state index in [0.29, 0.717) is 19.2 Å². The number of anilines is 1. The molecule has 0 aromatic carbocycles. The first-order chi connectivity index (χ1) is 12.0. The first-order valence-electron chi connectivity index (χ1n) is 7.94. The van der Waals surface area contributed by atoms with Crippen LogP contribution >= 0.6 is 11.6 Å². The summed E-state index contributed by atoms with van der Waals surface area (Å²) in [6, 6.07) is -0.467. The van der Waals surface area contributed by atoms with Crippen molar-refractivity contribution in [2.24, 2.45) is 0 Å². The molecule has 0 saturated carbocycles. The van der Waals surface area contributed by atoms with Gasteiger partial charge in [0, 0.05) is 31.7 Å². The Morgan fingerprint density at radius 3 is 2.73 bits per heavy atom. The minimum absolute atomic E-state index is 0.135. The molecule has 2 fully saturated rings. The molecule has 0 bridgehead atoms. The molecule has 0 aliphatic carbocycles. The van der Waals surface area contributed by atoms with E-state index in [1.165, 1.54) is 0 Å². The van der Waals surface area contributed by atoms with E-state index in [4.69, 9.17) is 11.6 Å². The molecule has 2 unspecified atom stereocenters. The van der Waals surface area contributed by atoms with Crippen LogP contribution in [0.1, 0.15) is 18.4 Å². The minimum Gasteiger partial charge on any atom is -0.353 e. The van der Waals surface area contributed by atoms with Crippen molar-refractivity contribution in [3.63, 3.8) is 0 Å². The number of hydrogen-bond donors (Lipinski definition) is 2. The van der Waals surface area contributed by atoms with Crippen LogP contribution < -0.4 is 15.5 Å². The van der Waals surface area contributed by atoms with E-state index in [0.717, 1.165) is 6.07 Å². The van der Waals surface area contributed by atoms with E-state index in [9.17, 15) is 26.7 Å². The van der Waals surface area contributed by atoms with Crippen LogP contribution in [0, 0.1) is 0 Å². The van der Waals surface area contributed by atoms with Gasteiger partial charge < -0.3 is 10.2 Å². The molecular weight excluding hydrogens is 383 g/mol. The molecule has 144 valence electrons. The van der Waals surface area contributed by atoms with E-state index in [2.05, 4.69) is 15.6 Å². The smallest absolute Gasteiger partial charge is 0.353 e. The maximum atomic E-state index is 13.2. The van der Waals surface area contributed by atoms with Crippen molar-refractivity contribution in [3.05, 3.63) is 22.8 Å². The summed E-state index contributed by atoms with van der Waals surface area (Å²) in [5.41, 5.74) is -0.941. The molecule has 26 heavy (non-hydrogen) atoms. The molecule has 11 heteroatoms. The van der Waals surface area contributed by atoms with Gasteiger partial charge in [-0.1, -0.05) is 11.6 Å². The van der Waals surface area contributed by atoms with Crippen molar-refractivity contribution in [3.8, 4) is 0 Å². The van der Waals surface area contributed by atoms with E-state index in [1.54, 1.807) is 4.90 Å². The van der Waals surface area contributed by atoms with E-state index in [-0.39, 0.29) is 23.4 Å².